The molecule has 5 N–H and O–H groups in total. The van der Waals surface area contributed by atoms with E-state index in [1.54, 1.807) is 11.1 Å². The maximum Gasteiger partial charge on any atom is 0.331 e. The molecular formula is C30H47NO9. The van der Waals surface area contributed by atoms with Gasteiger partial charge in [-0.1, -0.05) is 13.8 Å². The summed E-state index contributed by atoms with van der Waals surface area (Å²) in [5.41, 5.74) is 0.0988. The smallest absolute Gasteiger partial charge is 0.331 e. The molecule has 6 aliphatic rings. The lowest BCUT2D eigenvalue weighted by Gasteiger charge is -2.64. The molecule has 10 nitrogen and oxygen atoms in total. The van der Waals surface area contributed by atoms with Crippen LogP contribution in [0.1, 0.15) is 71.6 Å². The number of cyclic esters (lactones) is 1. The molecule has 1 saturated heterocycles. The lowest BCUT2D eigenvalue weighted by atomic mass is 9.43. The number of carbonyl (C=O) groups is 1. The molecule has 5 fully saturated rings. The van der Waals surface area contributed by atoms with Gasteiger partial charge in [0.05, 0.1) is 19.3 Å². The summed E-state index contributed by atoms with van der Waals surface area (Å²) in [5.74, 6) is 0.949. The first-order chi connectivity index (χ1) is 19.0. The average Bonchev–Trinajstić information content (AvgIpc) is 3.48. The van der Waals surface area contributed by atoms with Gasteiger partial charge in [0.1, 0.15) is 31.0 Å². The topological polar surface area (TPSA) is 149 Å². The number of fused-ring (bicyclic) bond motifs is 5. The lowest BCUT2D eigenvalue weighted by Crippen LogP contribution is -2.66. The van der Waals surface area contributed by atoms with Gasteiger partial charge in [-0.15, -0.1) is 0 Å². The first kappa shape index (κ1) is 29.0. The van der Waals surface area contributed by atoms with Crippen molar-refractivity contribution in [3.8, 4) is 0 Å². The first-order valence-corrected chi connectivity index (χ1v) is 15.2. The molecule has 0 aromatic carbocycles. The van der Waals surface area contributed by atoms with Crippen molar-refractivity contribution in [2.75, 3.05) is 20.3 Å². The number of rotatable bonds is 5. The molecule has 4 saturated carbocycles. The molecular weight excluding hydrogens is 518 g/mol. The Kier molecular flexibility index (Phi) is 7.43. The van der Waals surface area contributed by atoms with Crippen molar-refractivity contribution in [3.63, 3.8) is 0 Å². The van der Waals surface area contributed by atoms with Crippen LogP contribution >= 0.6 is 0 Å². The van der Waals surface area contributed by atoms with Gasteiger partial charge in [0.15, 0.2) is 6.23 Å². The van der Waals surface area contributed by atoms with Crippen LogP contribution in [-0.4, -0.2) is 99.2 Å². The summed E-state index contributed by atoms with van der Waals surface area (Å²) >= 11 is 0. The number of hydrogen-bond donors (Lipinski definition) is 5. The number of hydrogen-bond acceptors (Lipinski definition) is 10. The maximum atomic E-state index is 12.4. The molecule has 0 aromatic rings. The zero-order chi connectivity index (χ0) is 28.6. The second-order valence-corrected chi connectivity index (χ2v) is 14.0. The molecule has 13 atom stereocenters. The number of ether oxygens (including phenoxy) is 2. The van der Waals surface area contributed by atoms with E-state index in [1.807, 2.05) is 0 Å². The Morgan fingerprint density at radius 2 is 1.77 bits per heavy atom. The highest BCUT2D eigenvalue weighted by Crippen LogP contribution is 2.70. The molecule has 0 radical (unpaired) electrons. The molecule has 4 aliphatic carbocycles. The largest absolute Gasteiger partial charge is 0.458 e. The van der Waals surface area contributed by atoms with Gasteiger partial charge in [0.25, 0.3) is 0 Å². The predicted molar refractivity (Wildman–Crippen MR) is 142 cm³/mol. The predicted octanol–water partition coefficient (Wildman–Crippen LogP) is 1.28. The van der Waals surface area contributed by atoms with Crippen molar-refractivity contribution in [1.29, 1.82) is 0 Å². The van der Waals surface area contributed by atoms with Crippen LogP contribution in [0.3, 0.4) is 0 Å². The van der Waals surface area contributed by atoms with Crippen LogP contribution in [0.15, 0.2) is 11.6 Å². The maximum absolute atomic E-state index is 12.4. The van der Waals surface area contributed by atoms with Crippen LogP contribution in [0, 0.1) is 34.5 Å². The monoisotopic (exact) mass is 565 g/mol. The van der Waals surface area contributed by atoms with E-state index in [4.69, 9.17) is 14.3 Å². The van der Waals surface area contributed by atoms with E-state index in [9.17, 15) is 30.3 Å². The van der Waals surface area contributed by atoms with E-state index < -0.39 is 42.9 Å². The summed E-state index contributed by atoms with van der Waals surface area (Å²) in [6, 6.07) is -0.0549. The molecule has 2 aliphatic heterocycles. The standard InChI is InChI=1S/C30H47NO9/c1-28-9-6-18(31(38-3)27-26(36)25(35)24(34)22(14-32)40-27)13-17(28)4-5-21-20(28)7-10-29(2)19(8-11-30(21,29)37)16-12-23(33)39-15-16/h12,17-22,24-27,32,34-37H,4-11,13-15H2,1-3H3/t17?,18-,19-,20?,21?,22-,24+,25+,26+,27?,28+,29-,30+/m1/s1. The molecule has 0 spiro atoms. The van der Waals surface area contributed by atoms with Crippen LogP contribution in [0.25, 0.3) is 0 Å². The summed E-state index contributed by atoms with van der Waals surface area (Å²) in [6.07, 6.45) is 3.63. The summed E-state index contributed by atoms with van der Waals surface area (Å²) < 4.78 is 11.1. The van der Waals surface area contributed by atoms with Gasteiger partial charge in [-0.25, -0.2) is 4.79 Å². The van der Waals surface area contributed by atoms with E-state index in [0.717, 1.165) is 63.4 Å². The summed E-state index contributed by atoms with van der Waals surface area (Å²) in [6.45, 7) is 4.53. The Hall–Kier alpha value is -1.11. The molecule has 6 rings (SSSR count). The summed E-state index contributed by atoms with van der Waals surface area (Å²) in [5, 5.41) is 55.1. The van der Waals surface area contributed by atoms with E-state index >= 15 is 0 Å². The van der Waals surface area contributed by atoms with Gasteiger partial charge < -0.3 is 35.0 Å². The fraction of sp³-hybridized carbons (Fsp3) is 0.900. The molecule has 0 aromatic heterocycles. The lowest BCUT2D eigenvalue weighted by molar-refractivity contribution is -0.344. The number of aliphatic hydroxyl groups excluding tert-OH is 4. The van der Waals surface area contributed by atoms with Gasteiger partial charge in [-0.2, -0.15) is 5.06 Å². The normalized spacial score (nSPS) is 52.5. The molecule has 40 heavy (non-hydrogen) atoms. The first-order valence-electron chi connectivity index (χ1n) is 15.2. The molecule has 226 valence electrons. The van der Waals surface area contributed by atoms with Gasteiger partial charge >= 0.3 is 5.97 Å². The zero-order valence-corrected chi connectivity index (χ0v) is 23.9. The Balaban J connectivity index is 1.19. The van der Waals surface area contributed by atoms with E-state index in [1.165, 1.54) is 7.11 Å². The molecule has 2 heterocycles. The third kappa shape index (κ3) is 4.08. The Labute approximate surface area is 236 Å². The SMILES string of the molecule is CON(C1O[C@H](CO)[C@H](O)[C@H](O)[C@@H]1O)[C@@H]1CC[C@@]2(C)C(CCC3C2CC[C@]2(C)[C@@H](C4=CC(=O)OC4)CC[C@]32O)C1. The van der Waals surface area contributed by atoms with Gasteiger partial charge in [-0.3, -0.25) is 4.84 Å². The van der Waals surface area contributed by atoms with Crippen LogP contribution in [0.4, 0.5) is 0 Å². The van der Waals surface area contributed by atoms with Gasteiger partial charge in [0, 0.05) is 17.5 Å². The summed E-state index contributed by atoms with van der Waals surface area (Å²) in [4.78, 5) is 17.6. The molecule has 0 bridgehead atoms. The van der Waals surface area contributed by atoms with E-state index in [0.29, 0.717) is 18.4 Å². The number of esters is 1. The number of aliphatic hydroxyl groups is 5. The van der Waals surface area contributed by atoms with Crippen LogP contribution in [0.5, 0.6) is 0 Å². The van der Waals surface area contributed by atoms with Crippen LogP contribution < -0.4 is 0 Å². The molecule has 4 unspecified atom stereocenters. The molecule has 0 amide bonds. The van der Waals surface area contributed by atoms with Gasteiger partial charge in [0.2, 0.25) is 0 Å². The van der Waals surface area contributed by atoms with Crippen LogP contribution in [0.2, 0.25) is 0 Å². The van der Waals surface area contributed by atoms with Crippen LogP contribution in [-0.2, 0) is 19.1 Å². The second-order valence-electron chi connectivity index (χ2n) is 14.0. The number of carbonyl (C=O) groups excluding carboxylic acids is 1. The van der Waals surface area contributed by atoms with E-state index in [2.05, 4.69) is 13.8 Å². The second kappa shape index (κ2) is 10.3. The average molecular weight is 566 g/mol. The van der Waals surface area contributed by atoms with Crippen molar-refractivity contribution >= 4 is 5.97 Å². The Morgan fingerprint density at radius 1 is 1.00 bits per heavy atom. The van der Waals surface area contributed by atoms with Crippen molar-refractivity contribution in [2.24, 2.45) is 34.5 Å². The minimum absolute atomic E-state index is 0.0549. The Bertz CT molecular complexity index is 1020. The third-order valence-corrected chi connectivity index (χ3v) is 12.6. The quantitative estimate of drug-likeness (QED) is 0.244. The highest BCUT2D eigenvalue weighted by atomic mass is 16.7. The van der Waals surface area contributed by atoms with Crippen molar-refractivity contribution in [2.45, 2.75) is 114 Å². The minimum Gasteiger partial charge on any atom is -0.458 e. The van der Waals surface area contributed by atoms with Crippen molar-refractivity contribution in [3.05, 3.63) is 11.6 Å². The highest BCUT2D eigenvalue weighted by Gasteiger charge is 2.68. The Morgan fingerprint density at radius 3 is 2.45 bits per heavy atom. The third-order valence-electron chi connectivity index (χ3n) is 12.6. The minimum atomic E-state index is -1.45. The highest BCUT2D eigenvalue weighted by molar-refractivity contribution is 5.85. The fourth-order valence-electron chi connectivity index (χ4n) is 10.4. The molecule has 10 heteroatoms. The fourth-order valence-corrected chi connectivity index (χ4v) is 10.4. The summed E-state index contributed by atoms with van der Waals surface area (Å²) in [7, 11) is 1.53. The van der Waals surface area contributed by atoms with Gasteiger partial charge in [-0.05, 0) is 92.4 Å². The zero-order valence-electron chi connectivity index (χ0n) is 23.9. The number of nitrogens with zero attached hydrogens (tertiary/aromatic N) is 1. The number of hydroxylamine groups is 2. The van der Waals surface area contributed by atoms with Crippen molar-refractivity contribution in [1.82, 2.24) is 5.06 Å². The van der Waals surface area contributed by atoms with Crippen molar-refractivity contribution < 1.29 is 44.6 Å². The van der Waals surface area contributed by atoms with E-state index in [-0.39, 0.29) is 34.7 Å².